The molecule has 6 nitrogen and oxygen atoms in total. The number of esters is 1. The first-order valence-corrected chi connectivity index (χ1v) is 8.58. The number of carbonyl (C=O) groups is 2. The van der Waals surface area contributed by atoms with Crippen molar-refractivity contribution < 1.29 is 19.1 Å². The van der Waals surface area contributed by atoms with Crippen molar-refractivity contribution in [2.75, 3.05) is 11.9 Å². The third-order valence-corrected chi connectivity index (χ3v) is 4.41. The quantitative estimate of drug-likeness (QED) is 0.653. The summed E-state index contributed by atoms with van der Waals surface area (Å²) < 4.78 is 10.8. The highest BCUT2D eigenvalue weighted by Gasteiger charge is 2.42. The number of hydrogen-bond acceptors (Lipinski definition) is 5. The van der Waals surface area contributed by atoms with Gasteiger partial charge in [0, 0.05) is 19.6 Å². The van der Waals surface area contributed by atoms with Gasteiger partial charge >= 0.3 is 5.97 Å². The third-order valence-electron chi connectivity index (χ3n) is 4.41. The van der Waals surface area contributed by atoms with E-state index in [-0.39, 0.29) is 17.2 Å². The molecule has 0 spiro atoms. The number of nitriles is 1. The maximum Gasteiger partial charge on any atom is 0.308 e. The predicted octanol–water partition coefficient (Wildman–Crippen LogP) is 3.41. The third kappa shape index (κ3) is 4.58. The van der Waals surface area contributed by atoms with E-state index in [1.165, 1.54) is 13.0 Å². The van der Waals surface area contributed by atoms with Crippen LogP contribution >= 0.6 is 0 Å². The van der Waals surface area contributed by atoms with Crippen LogP contribution in [-0.2, 0) is 14.3 Å². The van der Waals surface area contributed by atoms with E-state index in [0.717, 1.165) is 12.8 Å². The summed E-state index contributed by atoms with van der Waals surface area (Å²) in [6, 6.07) is 6.58. The van der Waals surface area contributed by atoms with Crippen molar-refractivity contribution in [2.24, 2.45) is 5.92 Å². The lowest BCUT2D eigenvalue weighted by Crippen LogP contribution is -2.48. The van der Waals surface area contributed by atoms with Gasteiger partial charge in [0.25, 0.3) is 5.91 Å². The second kappa shape index (κ2) is 8.13. The van der Waals surface area contributed by atoms with Crippen molar-refractivity contribution in [3.63, 3.8) is 0 Å². The first-order valence-electron chi connectivity index (χ1n) is 8.58. The molecule has 1 aromatic carbocycles. The van der Waals surface area contributed by atoms with E-state index in [0.29, 0.717) is 31.1 Å². The maximum atomic E-state index is 12.9. The molecule has 0 aliphatic heterocycles. The molecule has 1 amide bonds. The summed E-state index contributed by atoms with van der Waals surface area (Å²) >= 11 is 0. The second-order valence-corrected chi connectivity index (χ2v) is 6.50. The van der Waals surface area contributed by atoms with Crippen molar-refractivity contribution in [1.29, 1.82) is 5.26 Å². The number of ether oxygens (including phenoxy) is 2. The molecule has 1 aromatic rings. The van der Waals surface area contributed by atoms with Gasteiger partial charge in [-0.3, -0.25) is 9.59 Å². The molecule has 6 heteroatoms. The summed E-state index contributed by atoms with van der Waals surface area (Å²) in [5.41, 5.74) is -0.225. The van der Waals surface area contributed by atoms with Crippen LogP contribution < -0.4 is 10.1 Å². The molecule has 2 rings (SSSR count). The lowest BCUT2D eigenvalue weighted by molar-refractivity contribution is -0.147. The molecule has 1 fully saturated rings. The highest BCUT2D eigenvalue weighted by Crippen LogP contribution is 2.36. The van der Waals surface area contributed by atoms with Crippen LogP contribution in [0.4, 0.5) is 5.69 Å². The topological polar surface area (TPSA) is 88.4 Å². The second-order valence-electron chi connectivity index (χ2n) is 6.50. The zero-order chi connectivity index (χ0) is 18.4. The number of nitrogens with one attached hydrogen (secondary N) is 1. The monoisotopic (exact) mass is 344 g/mol. The van der Waals surface area contributed by atoms with Crippen molar-refractivity contribution >= 4 is 17.6 Å². The number of hydrogen-bond donors (Lipinski definition) is 1. The van der Waals surface area contributed by atoms with Crippen molar-refractivity contribution in [3.05, 3.63) is 23.8 Å². The van der Waals surface area contributed by atoms with Gasteiger partial charge in [0.2, 0.25) is 0 Å². The van der Waals surface area contributed by atoms with Gasteiger partial charge in [-0.25, -0.2) is 0 Å². The Balaban J connectivity index is 2.23. The van der Waals surface area contributed by atoms with Crippen molar-refractivity contribution in [2.45, 2.75) is 52.1 Å². The number of anilines is 1. The van der Waals surface area contributed by atoms with Crippen LogP contribution in [0.1, 0.15) is 52.0 Å². The molecule has 134 valence electrons. The smallest absolute Gasteiger partial charge is 0.308 e. The highest BCUT2D eigenvalue weighted by molar-refractivity contribution is 5.98. The van der Waals surface area contributed by atoms with Gasteiger partial charge in [0.1, 0.15) is 17.4 Å². The molecule has 0 saturated heterocycles. The van der Waals surface area contributed by atoms with Crippen LogP contribution in [0, 0.1) is 17.2 Å². The fraction of sp³-hybridized carbons (Fsp3) is 0.526. The Morgan fingerprint density at radius 3 is 2.80 bits per heavy atom. The van der Waals surface area contributed by atoms with Crippen LogP contribution in [-0.4, -0.2) is 24.1 Å². The Labute approximate surface area is 148 Å². The van der Waals surface area contributed by atoms with E-state index in [2.05, 4.69) is 12.2 Å². The van der Waals surface area contributed by atoms with Gasteiger partial charge in [-0.2, -0.15) is 5.26 Å². The fourth-order valence-electron chi connectivity index (χ4n) is 3.37. The van der Waals surface area contributed by atoms with E-state index < -0.39 is 11.6 Å². The minimum absolute atomic E-state index is 0.224. The molecule has 0 radical (unpaired) electrons. The SMILES string of the molecule is CCO[C@@]1(C(=O)Nc2ccc(OC(C)=O)cc2C#N)CCC[C@H](C)C1. The first-order chi connectivity index (χ1) is 11.9. The summed E-state index contributed by atoms with van der Waals surface area (Å²) in [7, 11) is 0. The van der Waals surface area contributed by atoms with Crippen LogP contribution in [0.3, 0.4) is 0 Å². The predicted molar refractivity (Wildman–Crippen MR) is 93.1 cm³/mol. The lowest BCUT2D eigenvalue weighted by Gasteiger charge is -2.38. The summed E-state index contributed by atoms with van der Waals surface area (Å²) in [5, 5.41) is 12.2. The minimum atomic E-state index is -0.853. The molecule has 25 heavy (non-hydrogen) atoms. The molecule has 2 atom stereocenters. The average Bonchev–Trinajstić information content (AvgIpc) is 2.55. The van der Waals surface area contributed by atoms with E-state index in [9.17, 15) is 14.9 Å². The summed E-state index contributed by atoms with van der Waals surface area (Å²) in [5.74, 6) is -0.00880. The van der Waals surface area contributed by atoms with E-state index in [4.69, 9.17) is 9.47 Å². The molecule has 0 unspecified atom stereocenters. The van der Waals surface area contributed by atoms with Crippen molar-refractivity contribution in [1.82, 2.24) is 0 Å². The van der Waals surface area contributed by atoms with Gasteiger partial charge in [-0.1, -0.05) is 13.3 Å². The largest absolute Gasteiger partial charge is 0.427 e. The lowest BCUT2D eigenvalue weighted by atomic mass is 9.78. The van der Waals surface area contributed by atoms with Gasteiger partial charge in [-0.15, -0.1) is 0 Å². The highest BCUT2D eigenvalue weighted by atomic mass is 16.5. The summed E-state index contributed by atoms with van der Waals surface area (Å²) in [4.78, 5) is 24.0. The maximum absolute atomic E-state index is 12.9. The molecular formula is C19H24N2O4. The number of benzene rings is 1. The van der Waals surface area contributed by atoms with Crippen molar-refractivity contribution in [3.8, 4) is 11.8 Å². The number of rotatable bonds is 5. The van der Waals surface area contributed by atoms with Gasteiger partial charge in [0.15, 0.2) is 0 Å². The molecule has 1 saturated carbocycles. The molecule has 0 bridgehead atoms. The molecular weight excluding hydrogens is 320 g/mol. The van der Waals surface area contributed by atoms with Gasteiger partial charge in [0.05, 0.1) is 11.3 Å². The molecule has 1 aliphatic rings. The minimum Gasteiger partial charge on any atom is -0.427 e. The molecule has 1 N–H and O–H groups in total. The van der Waals surface area contributed by atoms with Crippen LogP contribution in [0.5, 0.6) is 5.75 Å². The van der Waals surface area contributed by atoms with E-state index in [1.54, 1.807) is 12.1 Å². The number of carbonyl (C=O) groups excluding carboxylic acids is 2. The zero-order valence-corrected chi connectivity index (χ0v) is 14.9. The van der Waals surface area contributed by atoms with E-state index >= 15 is 0 Å². The molecule has 0 aromatic heterocycles. The number of nitrogens with zero attached hydrogens (tertiary/aromatic N) is 1. The van der Waals surface area contributed by atoms with E-state index in [1.807, 2.05) is 13.0 Å². The summed E-state index contributed by atoms with van der Waals surface area (Å²) in [6.07, 6.45) is 3.36. The van der Waals surface area contributed by atoms with Crippen LogP contribution in [0.25, 0.3) is 0 Å². The Hall–Kier alpha value is -2.39. The Morgan fingerprint density at radius 2 is 2.20 bits per heavy atom. The fourth-order valence-corrected chi connectivity index (χ4v) is 3.37. The zero-order valence-electron chi connectivity index (χ0n) is 14.9. The number of amides is 1. The Kier molecular flexibility index (Phi) is 6.16. The Morgan fingerprint density at radius 1 is 1.44 bits per heavy atom. The summed E-state index contributed by atoms with van der Waals surface area (Å²) in [6.45, 7) is 5.74. The van der Waals surface area contributed by atoms with Crippen LogP contribution in [0.15, 0.2) is 18.2 Å². The normalized spacial score (nSPS) is 22.7. The Bertz CT molecular complexity index is 691. The van der Waals surface area contributed by atoms with Gasteiger partial charge < -0.3 is 14.8 Å². The standard InChI is InChI=1S/C19H24N2O4/c1-4-24-19(9-5-6-13(2)11-19)18(23)21-17-8-7-16(25-14(3)22)10-15(17)12-20/h7-8,10,13H,4-6,9,11H2,1-3H3,(H,21,23)/t13-,19-/m0/s1. The van der Waals surface area contributed by atoms with Crippen LogP contribution in [0.2, 0.25) is 0 Å². The molecule has 1 aliphatic carbocycles. The first kappa shape index (κ1) is 18.9. The molecule has 0 heterocycles. The van der Waals surface area contributed by atoms with Gasteiger partial charge in [-0.05, 0) is 44.2 Å². The average molecular weight is 344 g/mol.